The first-order valence-corrected chi connectivity index (χ1v) is 16.9. The lowest BCUT2D eigenvalue weighted by Gasteiger charge is -2.49. The quantitative estimate of drug-likeness (QED) is 0.0592. The molecule has 0 aliphatic carbocycles. The molecule has 4 amide bonds. The van der Waals surface area contributed by atoms with Crippen LogP contribution in [0.3, 0.4) is 0 Å². The summed E-state index contributed by atoms with van der Waals surface area (Å²) in [5.74, 6) is -2.23. The Bertz CT molecular complexity index is 1830. The number of ether oxygens (including phenoxy) is 1. The number of tetrazole rings is 1. The van der Waals surface area contributed by atoms with E-state index in [1.54, 1.807) is 51.1 Å². The number of carbonyl (C=O) groups is 5. The number of alkyl carbamates (subject to hydrolysis) is 1. The largest absolute Gasteiger partial charge is 0.477 e. The number of thioether (sulfide) groups is 2. The Hall–Kier alpha value is -5.57. The van der Waals surface area contributed by atoms with E-state index in [0.717, 1.165) is 4.90 Å². The van der Waals surface area contributed by atoms with Gasteiger partial charge >= 0.3 is 12.1 Å². The zero-order valence-corrected chi connectivity index (χ0v) is 28.4. The standard InChI is InChI=1S/C29H31N11O8S2/c1-29(2,3)47-28(46)31-11-12-39-27(35-37-38-39)50-14-16-13-49-25-20(24(43)40(25)21(16)26(44)45)34-23(42)19(36-48-17-7-5-4-6-8-17)22-30-10-9-18(33-22)32-15-41/h4-10,15,20,25H,11-14H2,1-3H3,(H,31,46)(H,34,42)(H,44,45)(H,30,32,33,41)/t20?,25-/m1/s1. The number of nitrogens with zero attached hydrogens (tertiary/aromatic N) is 8. The number of β-lactam (4-membered cyclic amide) rings is 1. The number of hydrogen-bond acceptors (Lipinski definition) is 15. The maximum Gasteiger partial charge on any atom is 0.407 e. The Morgan fingerprint density at radius 3 is 2.70 bits per heavy atom. The summed E-state index contributed by atoms with van der Waals surface area (Å²) in [6, 6.07) is 8.68. The van der Waals surface area contributed by atoms with Crippen LogP contribution in [-0.4, -0.2) is 111 Å². The number of hydrogen-bond donors (Lipinski definition) is 4. The van der Waals surface area contributed by atoms with Gasteiger partial charge in [-0.3, -0.25) is 19.3 Å². The number of aliphatic carboxylic acids is 1. The van der Waals surface area contributed by atoms with Gasteiger partial charge in [0.1, 0.15) is 28.5 Å². The summed E-state index contributed by atoms with van der Waals surface area (Å²) in [6.45, 7) is 5.66. The van der Waals surface area contributed by atoms with Crippen LogP contribution in [0, 0.1) is 0 Å². The number of carboxylic acid groups (broad SMARTS) is 1. The summed E-state index contributed by atoms with van der Waals surface area (Å²) >= 11 is 2.44. The fraction of sp³-hybridized carbons (Fsp3) is 0.345. The van der Waals surface area contributed by atoms with E-state index in [0.29, 0.717) is 22.9 Å². The third kappa shape index (κ3) is 8.71. The molecule has 1 fully saturated rings. The SMILES string of the molecule is CC(C)(C)OC(=O)NCCn1nnnc1SCC1=C(C(=O)O)N2C(=O)C(NC(=O)C(=NOc3ccccc3)c3nccc(NC=O)n3)[C@H]2SC1. The second-order valence-electron chi connectivity index (χ2n) is 11.4. The number of oxime groups is 1. The van der Waals surface area contributed by atoms with Crippen LogP contribution in [-0.2, 0) is 30.5 Å². The average molecular weight is 726 g/mol. The van der Waals surface area contributed by atoms with Gasteiger partial charge in [-0.1, -0.05) is 35.1 Å². The number of nitrogens with one attached hydrogen (secondary N) is 3. The van der Waals surface area contributed by atoms with Crippen molar-refractivity contribution in [3.63, 3.8) is 0 Å². The maximum absolute atomic E-state index is 13.5. The van der Waals surface area contributed by atoms with Crippen molar-refractivity contribution in [2.75, 3.05) is 23.4 Å². The molecular formula is C29H31N11O8S2. The third-order valence-corrected chi connectivity index (χ3v) is 9.06. The van der Waals surface area contributed by atoms with E-state index in [1.165, 1.54) is 40.5 Å². The summed E-state index contributed by atoms with van der Waals surface area (Å²) in [5, 5.41) is 32.9. The Kier molecular flexibility index (Phi) is 11.3. The van der Waals surface area contributed by atoms with Crippen LogP contribution in [0.2, 0.25) is 0 Å². The molecule has 2 aromatic heterocycles. The molecule has 0 radical (unpaired) electrons. The number of aromatic nitrogens is 6. The van der Waals surface area contributed by atoms with Crippen LogP contribution >= 0.6 is 23.5 Å². The average Bonchev–Trinajstić information content (AvgIpc) is 3.52. The van der Waals surface area contributed by atoms with Gasteiger partial charge in [-0.15, -0.1) is 16.9 Å². The number of anilines is 1. The van der Waals surface area contributed by atoms with E-state index >= 15 is 0 Å². The molecule has 2 atom stereocenters. The van der Waals surface area contributed by atoms with Gasteiger partial charge in [-0.25, -0.2) is 24.2 Å². The monoisotopic (exact) mass is 725 g/mol. The lowest BCUT2D eigenvalue weighted by Crippen LogP contribution is -2.71. The molecule has 0 spiro atoms. The number of rotatable bonds is 14. The number of carboxylic acids is 1. The molecule has 2 aliphatic heterocycles. The number of benzene rings is 1. The smallest absolute Gasteiger partial charge is 0.407 e. The molecule has 3 aromatic rings. The fourth-order valence-electron chi connectivity index (χ4n) is 4.55. The van der Waals surface area contributed by atoms with Crippen molar-refractivity contribution in [3.8, 4) is 5.75 Å². The fourth-order valence-corrected chi connectivity index (χ4v) is 6.94. The highest BCUT2D eigenvalue weighted by molar-refractivity contribution is 8.01. The van der Waals surface area contributed by atoms with Crippen LogP contribution in [0.5, 0.6) is 5.75 Å². The molecule has 21 heteroatoms. The topological polar surface area (TPSA) is 245 Å². The van der Waals surface area contributed by atoms with Gasteiger partial charge in [0.15, 0.2) is 11.6 Å². The summed E-state index contributed by atoms with van der Waals surface area (Å²) in [6.07, 6.45) is 1.12. The molecule has 19 nitrogen and oxygen atoms in total. The Labute approximate surface area is 292 Å². The molecule has 4 heterocycles. The van der Waals surface area contributed by atoms with Crippen molar-refractivity contribution < 1.29 is 38.7 Å². The number of fused-ring (bicyclic) bond motifs is 1. The van der Waals surface area contributed by atoms with Gasteiger partial charge in [0.2, 0.25) is 17.3 Å². The minimum Gasteiger partial charge on any atom is -0.477 e. The molecule has 4 N–H and O–H groups in total. The molecule has 50 heavy (non-hydrogen) atoms. The van der Waals surface area contributed by atoms with Crippen molar-refractivity contribution in [1.29, 1.82) is 0 Å². The Morgan fingerprint density at radius 1 is 1.20 bits per heavy atom. The van der Waals surface area contributed by atoms with Crippen LogP contribution in [0.15, 0.2) is 64.2 Å². The number of amides is 4. The van der Waals surface area contributed by atoms with Crippen LogP contribution in [0.4, 0.5) is 10.6 Å². The molecular weight excluding hydrogens is 695 g/mol. The zero-order valence-electron chi connectivity index (χ0n) is 26.8. The van der Waals surface area contributed by atoms with Crippen LogP contribution < -0.4 is 20.8 Å². The summed E-state index contributed by atoms with van der Waals surface area (Å²) in [4.78, 5) is 77.0. The molecule has 262 valence electrons. The predicted molar refractivity (Wildman–Crippen MR) is 178 cm³/mol. The number of carbonyl (C=O) groups excluding carboxylic acids is 4. The first kappa shape index (κ1) is 35.7. The van der Waals surface area contributed by atoms with Crippen molar-refractivity contribution in [2.24, 2.45) is 5.16 Å². The van der Waals surface area contributed by atoms with Gasteiger partial charge in [-0.05, 0) is 55.0 Å². The van der Waals surface area contributed by atoms with E-state index < -0.39 is 40.9 Å². The van der Waals surface area contributed by atoms with Crippen molar-refractivity contribution >= 4 is 65.3 Å². The zero-order chi connectivity index (χ0) is 35.8. The third-order valence-electron chi connectivity index (χ3n) is 6.68. The second-order valence-corrected chi connectivity index (χ2v) is 13.4. The highest BCUT2D eigenvalue weighted by atomic mass is 32.2. The van der Waals surface area contributed by atoms with Crippen molar-refractivity contribution in [3.05, 3.63) is 59.7 Å². The first-order valence-electron chi connectivity index (χ1n) is 14.9. The Balaban J connectivity index is 1.26. The van der Waals surface area contributed by atoms with Crippen molar-refractivity contribution in [1.82, 2.24) is 45.7 Å². The summed E-state index contributed by atoms with van der Waals surface area (Å²) < 4.78 is 6.67. The minimum atomic E-state index is -1.31. The normalized spacial score (nSPS) is 17.3. The Morgan fingerprint density at radius 2 is 1.98 bits per heavy atom. The van der Waals surface area contributed by atoms with Crippen LogP contribution in [0.25, 0.3) is 0 Å². The molecule has 1 aromatic carbocycles. The molecule has 0 bridgehead atoms. The minimum absolute atomic E-state index is 0.0899. The van der Waals surface area contributed by atoms with Crippen molar-refractivity contribution in [2.45, 2.75) is 49.5 Å². The lowest BCUT2D eigenvalue weighted by atomic mass is 10.0. The first-order chi connectivity index (χ1) is 23.9. The van der Waals surface area contributed by atoms with Gasteiger partial charge in [0, 0.05) is 24.2 Å². The van der Waals surface area contributed by atoms with E-state index in [-0.39, 0.29) is 47.6 Å². The highest BCUT2D eigenvalue weighted by Gasteiger charge is 2.54. The van der Waals surface area contributed by atoms with Gasteiger partial charge in [-0.2, -0.15) is 0 Å². The van der Waals surface area contributed by atoms with E-state index in [9.17, 15) is 29.1 Å². The summed E-state index contributed by atoms with van der Waals surface area (Å²) in [7, 11) is 0. The van der Waals surface area contributed by atoms with Gasteiger partial charge in [0.05, 0.1) is 6.54 Å². The van der Waals surface area contributed by atoms with Gasteiger partial charge in [0.25, 0.3) is 11.8 Å². The lowest BCUT2D eigenvalue weighted by molar-refractivity contribution is -0.150. The molecule has 1 unspecified atom stereocenters. The summed E-state index contributed by atoms with van der Waals surface area (Å²) in [5.41, 5.74) is -0.780. The molecule has 0 saturated carbocycles. The molecule has 2 aliphatic rings. The number of para-hydroxylation sites is 1. The van der Waals surface area contributed by atoms with E-state index in [1.807, 2.05) is 0 Å². The van der Waals surface area contributed by atoms with E-state index in [4.69, 9.17) is 9.57 Å². The second kappa shape index (κ2) is 15.8. The molecule has 5 rings (SSSR count). The van der Waals surface area contributed by atoms with Gasteiger partial charge < -0.3 is 30.6 Å². The maximum atomic E-state index is 13.5. The highest BCUT2D eigenvalue weighted by Crippen LogP contribution is 2.41. The van der Waals surface area contributed by atoms with Crippen LogP contribution in [0.1, 0.15) is 26.6 Å². The molecule has 1 saturated heterocycles. The predicted octanol–water partition coefficient (Wildman–Crippen LogP) is 0.870. The van der Waals surface area contributed by atoms with E-state index in [2.05, 4.69) is 46.6 Å².